The molecule has 1 atom stereocenters. The highest BCUT2D eigenvalue weighted by Gasteiger charge is 2.47. The topological polar surface area (TPSA) is 52.7 Å². The molecule has 1 N–H and O–H groups in total. The molecule has 1 rings (SSSR count). The standard InChI is InChI=1S/C14H27N3O2/c1-6-7-8-14(4)12(18)17(13(19)15-14)10-16(5)9-11(2)3/h11H,6-10H2,1-5H3,(H,15,19). The normalized spacial score (nSPS) is 23.6. The third-order valence-electron chi connectivity index (χ3n) is 3.44. The van der Waals surface area contributed by atoms with Gasteiger partial charge in [-0.3, -0.25) is 9.69 Å². The third kappa shape index (κ3) is 3.93. The predicted octanol–water partition coefficient (Wildman–Crippen LogP) is 2.03. The number of hydrogen-bond donors (Lipinski definition) is 1. The van der Waals surface area contributed by atoms with E-state index in [-0.39, 0.29) is 11.9 Å². The summed E-state index contributed by atoms with van der Waals surface area (Å²) in [6.45, 7) is 9.37. The predicted molar refractivity (Wildman–Crippen MR) is 75.6 cm³/mol. The molecule has 0 radical (unpaired) electrons. The van der Waals surface area contributed by atoms with E-state index in [1.165, 1.54) is 4.90 Å². The second kappa shape index (κ2) is 6.37. The zero-order chi connectivity index (χ0) is 14.6. The number of rotatable bonds is 7. The molecule has 0 saturated carbocycles. The smallest absolute Gasteiger partial charge is 0.323 e. The second-order valence-corrected chi connectivity index (χ2v) is 6.17. The molecule has 1 aliphatic rings. The van der Waals surface area contributed by atoms with Gasteiger partial charge in [-0.1, -0.05) is 33.6 Å². The van der Waals surface area contributed by atoms with E-state index in [9.17, 15) is 9.59 Å². The van der Waals surface area contributed by atoms with E-state index in [2.05, 4.69) is 26.1 Å². The number of hydrogen-bond acceptors (Lipinski definition) is 3. The summed E-state index contributed by atoms with van der Waals surface area (Å²) in [6.07, 6.45) is 2.67. The van der Waals surface area contributed by atoms with Crippen LogP contribution in [0.2, 0.25) is 0 Å². The van der Waals surface area contributed by atoms with Crippen LogP contribution in [0.5, 0.6) is 0 Å². The Hall–Kier alpha value is -1.10. The van der Waals surface area contributed by atoms with Gasteiger partial charge in [0.2, 0.25) is 0 Å². The zero-order valence-electron chi connectivity index (χ0n) is 12.8. The Kier molecular flexibility index (Phi) is 5.35. The van der Waals surface area contributed by atoms with E-state index >= 15 is 0 Å². The summed E-state index contributed by atoms with van der Waals surface area (Å²) >= 11 is 0. The Morgan fingerprint density at radius 3 is 2.53 bits per heavy atom. The summed E-state index contributed by atoms with van der Waals surface area (Å²) in [5, 5.41) is 2.83. The lowest BCUT2D eigenvalue weighted by molar-refractivity contribution is -0.132. The van der Waals surface area contributed by atoms with Crippen LogP contribution in [0.25, 0.3) is 0 Å². The molecular weight excluding hydrogens is 242 g/mol. The molecule has 1 aliphatic heterocycles. The van der Waals surface area contributed by atoms with Gasteiger partial charge in [0.1, 0.15) is 5.54 Å². The lowest BCUT2D eigenvalue weighted by atomic mass is 9.95. The van der Waals surface area contributed by atoms with Crippen molar-refractivity contribution < 1.29 is 9.59 Å². The largest absolute Gasteiger partial charge is 0.326 e. The van der Waals surface area contributed by atoms with Crippen LogP contribution in [0.15, 0.2) is 0 Å². The molecule has 19 heavy (non-hydrogen) atoms. The molecule has 0 aromatic rings. The first-order valence-electron chi connectivity index (χ1n) is 7.12. The van der Waals surface area contributed by atoms with Crippen LogP contribution in [-0.4, -0.2) is 47.5 Å². The maximum absolute atomic E-state index is 12.4. The van der Waals surface area contributed by atoms with Crippen molar-refractivity contribution >= 4 is 11.9 Å². The Balaban J connectivity index is 2.65. The zero-order valence-corrected chi connectivity index (χ0v) is 12.8. The summed E-state index contributed by atoms with van der Waals surface area (Å²) in [5.74, 6) is 0.416. The van der Waals surface area contributed by atoms with Gasteiger partial charge in [0, 0.05) is 6.54 Å². The summed E-state index contributed by atoms with van der Waals surface area (Å²) < 4.78 is 0. The van der Waals surface area contributed by atoms with Crippen LogP contribution in [-0.2, 0) is 4.79 Å². The first kappa shape index (κ1) is 16.0. The van der Waals surface area contributed by atoms with Crippen molar-refractivity contribution in [1.82, 2.24) is 15.1 Å². The molecular formula is C14H27N3O2. The highest BCUT2D eigenvalue weighted by atomic mass is 16.2. The van der Waals surface area contributed by atoms with Crippen LogP contribution in [0.3, 0.4) is 0 Å². The van der Waals surface area contributed by atoms with E-state index < -0.39 is 5.54 Å². The summed E-state index contributed by atoms with van der Waals surface area (Å²) in [5.41, 5.74) is -0.717. The van der Waals surface area contributed by atoms with Crippen LogP contribution < -0.4 is 5.32 Å². The van der Waals surface area contributed by atoms with E-state index in [0.29, 0.717) is 19.0 Å². The van der Waals surface area contributed by atoms with E-state index in [1.54, 1.807) is 0 Å². The van der Waals surface area contributed by atoms with Gasteiger partial charge in [0.25, 0.3) is 5.91 Å². The van der Waals surface area contributed by atoms with Crippen molar-refractivity contribution in [1.29, 1.82) is 0 Å². The monoisotopic (exact) mass is 269 g/mol. The average molecular weight is 269 g/mol. The molecule has 110 valence electrons. The highest BCUT2D eigenvalue weighted by molar-refractivity contribution is 6.06. The van der Waals surface area contributed by atoms with Gasteiger partial charge in [-0.2, -0.15) is 0 Å². The number of amides is 3. The summed E-state index contributed by atoms with van der Waals surface area (Å²) in [6, 6.07) is -0.265. The molecule has 1 heterocycles. The summed E-state index contributed by atoms with van der Waals surface area (Å²) in [4.78, 5) is 27.7. The number of nitrogens with zero attached hydrogens (tertiary/aromatic N) is 2. The molecule has 3 amide bonds. The van der Waals surface area contributed by atoms with Crippen molar-refractivity contribution in [2.75, 3.05) is 20.3 Å². The van der Waals surface area contributed by atoms with Crippen molar-refractivity contribution in [3.63, 3.8) is 0 Å². The maximum Gasteiger partial charge on any atom is 0.326 e. The van der Waals surface area contributed by atoms with Gasteiger partial charge in [-0.15, -0.1) is 0 Å². The molecule has 0 aliphatic carbocycles. The van der Waals surface area contributed by atoms with Crippen LogP contribution in [0.4, 0.5) is 4.79 Å². The van der Waals surface area contributed by atoms with E-state index in [1.807, 2.05) is 18.9 Å². The lowest BCUT2D eigenvalue weighted by Crippen LogP contribution is -2.45. The fourth-order valence-corrected chi connectivity index (χ4v) is 2.50. The summed E-state index contributed by atoms with van der Waals surface area (Å²) in [7, 11) is 1.93. The van der Waals surface area contributed by atoms with Crippen molar-refractivity contribution in [3.05, 3.63) is 0 Å². The van der Waals surface area contributed by atoms with E-state index in [0.717, 1.165) is 19.4 Å². The SMILES string of the molecule is CCCCC1(C)NC(=O)N(CN(C)CC(C)C)C1=O. The fourth-order valence-electron chi connectivity index (χ4n) is 2.50. The molecule has 1 saturated heterocycles. The van der Waals surface area contributed by atoms with Gasteiger partial charge in [0.15, 0.2) is 0 Å². The van der Waals surface area contributed by atoms with Crippen LogP contribution in [0, 0.1) is 5.92 Å². The minimum Gasteiger partial charge on any atom is -0.323 e. The number of carbonyl (C=O) groups is 2. The van der Waals surface area contributed by atoms with Gasteiger partial charge < -0.3 is 5.32 Å². The van der Waals surface area contributed by atoms with Crippen molar-refractivity contribution in [2.24, 2.45) is 5.92 Å². The number of unbranched alkanes of at least 4 members (excludes halogenated alkanes) is 1. The van der Waals surface area contributed by atoms with Crippen molar-refractivity contribution in [3.8, 4) is 0 Å². The Morgan fingerprint density at radius 2 is 2.00 bits per heavy atom. The first-order chi connectivity index (χ1) is 8.80. The Bertz CT molecular complexity index is 344. The van der Waals surface area contributed by atoms with Crippen LogP contribution >= 0.6 is 0 Å². The Labute approximate surface area is 116 Å². The molecule has 1 fully saturated rings. The lowest BCUT2D eigenvalue weighted by Gasteiger charge is -2.25. The minimum atomic E-state index is -0.717. The van der Waals surface area contributed by atoms with Crippen molar-refractivity contribution in [2.45, 2.75) is 52.5 Å². The quantitative estimate of drug-likeness (QED) is 0.720. The number of nitrogens with one attached hydrogen (secondary N) is 1. The number of carbonyl (C=O) groups excluding carboxylic acids is 2. The number of urea groups is 1. The number of imide groups is 1. The molecule has 0 aromatic carbocycles. The first-order valence-corrected chi connectivity index (χ1v) is 7.12. The van der Waals surface area contributed by atoms with E-state index in [4.69, 9.17) is 0 Å². The van der Waals surface area contributed by atoms with Gasteiger partial charge in [0.05, 0.1) is 6.67 Å². The fraction of sp³-hybridized carbons (Fsp3) is 0.857. The molecule has 0 bridgehead atoms. The molecule has 0 aromatic heterocycles. The highest BCUT2D eigenvalue weighted by Crippen LogP contribution is 2.23. The van der Waals surface area contributed by atoms with Gasteiger partial charge in [-0.25, -0.2) is 9.69 Å². The third-order valence-corrected chi connectivity index (χ3v) is 3.44. The minimum absolute atomic E-state index is 0.0958. The molecule has 5 heteroatoms. The van der Waals surface area contributed by atoms with Gasteiger partial charge >= 0.3 is 6.03 Å². The second-order valence-electron chi connectivity index (χ2n) is 6.17. The molecule has 1 unspecified atom stereocenters. The van der Waals surface area contributed by atoms with Crippen LogP contribution in [0.1, 0.15) is 47.0 Å². The van der Waals surface area contributed by atoms with Gasteiger partial charge in [-0.05, 0) is 26.3 Å². The molecule has 5 nitrogen and oxygen atoms in total. The average Bonchev–Trinajstić information content (AvgIpc) is 2.50. The Morgan fingerprint density at radius 1 is 1.37 bits per heavy atom. The maximum atomic E-state index is 12.4. The molecule has 0 spiro atoms.